The number of piperidine rings is 1. The number of fused-ring (bicyclic) bond motifs is 1. The maximum absolute atomic E-state index is 12.1. The van der Waals surface area contributed by atoms with Crippen LogP contribution in [0.3, 0.4) is 0 Å². The summed E-state index contributed by atoms with van der Waals surface area (Å²) in [5.41, 5.74) is 4.73. The Morgan fingerprint density at radius 2 is 2.32 bits per heavy atom. The van der Waals surface area contributed by atoms with Crippen molar-refractivity contribution in [3.05, 3.63) is 42.4 Å². The van der Waals surface area contributed by atoms with Crippen LogP contribution in [0, 0.1) is 18.3 Å². The van der Waals surface area contributed by atoms with Gasteiger partial charge in [0.25, 0.3) is 0 Å². The number of hydrogen-bond acceptors (Lipinski definition) is 5. The summed E-state index contributed by atoms with van der Waals surface area (Å²) < 4.78 is 0. The largest absolute Gasteiger partial charge is 0.379 e. The van der Waals surface area contributed by atoms with Gasteiger partial charge in [0.2, 0.25) is 5.91 Å². The summed E-state index contributed by atoms with van der Waals surface area (Å²) in [7, 11) is 0. The van der Waals surface area contributed by atoms with Crippen LogP contribution in [0.25, 0.3) is 22.3 Å². The van der Waals surface area contributed by atoms with Gasteiger partial charge in [0, 0.05) is 48.7 Å². The van der Waals surface area contributed by atoms with Crippen molar-refractivity contribution >= 4 is 22.6 Å². The van der Waals surface area contributed by atoms with Gasteiger partial charge in [0.15, 0.2) is 0 Å². The second kappa shape index (κ2) is 7.69. The van der Waals surface area contributed by atoms with Gasteiger partial charge in [0.05, 0.1) is 17.5 Å². The first kappa shape index (κ1) is 18.0. The first-order valence-corrected chi connectivity index (χ1v) is 9.46. The molecule has 7 nitrogen and oxygen atoms in total. The number of H-pyrrole nitrogens is 1. The highest BCUT2D eigenvalue weighted by Crippen LogP contribution is 2.34. The molecule has 1 amide bonds. The Labute approximate surface area is 163 Å². The highest BCUT2D eigenvalue weighted by molar-refractivity contribution is 5.97. The lowest BCUT2D eigenvalue weighted by Gasteiger charge is -2.34. The maximum Gasteiger partial charge on any atom is 0.236 e. The van der Waals surface area contributed by atoms with Crippen LogP contribution in [0.5, 0.6) is 0 Å². The normalized spacial score (nSPS) is 16.7. The Bertz CT molecular complexity index is 1050. The smallest absolute Gasteiger partial charge is 0.236 e. The zero-order valence-corrected chi connectivity index (χ0v) is 15.8. The minimum Gasteiger partial charge on any atom is -0.379 e. The molecule has 0 spiro atoms. The van der Waals surface area contributed by atoms with Gasteiger partial charge >= 0.3 is 0 Å². The number of nitrogens with one attached hydrogen (secondary N) is 2. The van der Waals surface area contributed by atoms with Crippen molar-refractivity contribution in [2.45, 2.75) is 32.2 Å². The average Bonchev–Trinajstić information content (AvgIpc) is 3.18. The molecule has 1 atom stereocenters. The number of likely N-dealkylation sites (tertiary alicyclic amines) is 1. The highest BCUT2D eigenvalue weighted by Gasteiger charge is 2.25. The molecule has 0 bridgehead atoms. The van der Waals surface area contributed by atoms with Gasteiger partial charge in [-0.3, -0.25) is 9.78 Å². The molecule has 28 heavy (non-hydrogen) atoms. The number of anilines is 1. The lowest BCUT2D eigenvalue weighted by Crippen LogP contribution is -2.45. The number of hydrogen-bond donors (Lipinski definition) is 2. The number of rotatable bonds is 4. The van der Waals surface area contributed by atoms with E-state index in [1.54, 1.807) is 11.1 Å². The van der Waals surface area contributed by atoms with E-state index >= 15 is 0 Å². The molecule has 142 valence electrons. The molecule has 0 aromatic carbocycles. The van der Waals surface area contributed by atoms with E-state index in [9.17, 15) is 4.79 Å². The maximum atomic E-state index is 12.1. The van der Waals surface area contributed by atoms with E-state index in [2.05, 4.69) is 20.3 Å². The molecule has 0 saturated carbocycles. The molecular weight excluding hydrogens is 352 g/mol. The third-order valence-corrected chi connectivity index (χ3v) is 5.13. The Kier molecular flexibility index (Phi) is 4.94. The van der Waals surface area contributed by atoms with Gasteiger partial charge in [-0.05, 0) is 43.5 Å². The van der Waals surface area contributed by atoms with Crippen molar-refractivity contribution in [1.29, 1.82) is 5.26 Å². The third-order valence-electron chi connectivity index (χ3n) is 5.13. The Morgan fingerprint density at radius 1 is 1.43 bits per heavy atom. The van der Waals surface area contributed by atoms with E-state index in [0.717, 1.165) is 46.4 Å². The van der Waals surface area contributed by atoms with Crippen LogP contribution in [-0.4, -0.2) is 44.9 Å². The van der Waals surface area contributed by atoms with Crippen molar-refractivity contribution in [2.24, 2.45) is 0 Å². The molecule has 3 aromatic heterocycles. The molecule has 4 heterocycles. The summed E-state index contributed by atoms with van der Waals surface area (Å²) in [5.74, 6) is -0.101. The predicted octanol–water partition coefficient (Wildman–Crippen LogP) is 3.25. The van der Waals surface area contributed by atoms with Crippen LogP contribution >= 0.6 is 0 Å². The van der Waals surface area contributed by atoms with Crippen molar-refractivity contribution in [1.82, 2.24) is 19.9 Å². The number of aryl methyl sites for hydroxylation is 1. The Hall–Kier alpha value is -3.40. The van der Waals surface area contributed by atoms with Gasteiger partial charge in [-0.1, -0.05) is 0 Å². The van der Waals surface area contributed by atoms with Crippen LogP contribution < -0.4 is 5.32 Å². The second-order valence-corrected chi connectivity index (χ2v) is 7.16. The number of nitrogens with zero attached hydrogens (tertiary/aromatic N) is 4. The molecule has 4 rings (SSSR count). The zero-order valence-electron chi connectivity index (χ0n) is 15.8. The second-order valence-electron chi connectivity index (χ2n) is 7.16. The summed E-state index contributed by atoms with van der Waals surface area (Å²) >= 11 is 0. The summed E-state index contributed by atoms with van der Waals surface area (Å²) in [6.07, 6.45) is 7.32. The standard InChI is InChI=1S/C21H22N6O/c1-14-5-8-23-18(11-14)17-12-25-21-16(6-9-24-21)20(17)26-15-3-2-10-27(13-15)19(28)4-7-22/h5-6,8-9,11-12,15H,2-4,10,13H2,1H3,(H2,24,25,26). The fourth-order valence-corrected chi connectivity index (χ4v) is 3.75. The Morgan fingerprint density at radius 3 is 3.14 bits per heavy atom. The molecular formula is C21H22N6O. The molecule has 1 saturated heterocycles. The zero-order chi connectivity index (χ0) is 19.5. The summed E-state index contributed by atoms with van der Waals surface area (Å²) in [4.78, 5) is 26.1. The van der Waals surface area contributed by atoms with E-state index in [1.807, 2.05) is 43.6 Å². The van der Waals surface area contributed by atoms with Crippen LogP contribution in [-0.2, 0) is 4.79 Å². The van der Waals surface area contributed by atoms with E-state index in [4.69, 9.17) is 5.26 Å². The molecule has 1 unspecified atom stereocenters. The van der Waals surface area contributed by atoms with Crippen LogP contribution in [0.1, 0.15) is 24.8 Å². The van der Waals surface area contributed by atoms with Gasteiger partial charge in [-0.2, -0.15) is 5.26 Å². The summed E-state index contributed by atoms with van der Waals surface area (Å²) in [5, 5.41) is 13.5. The molecule has 1 fully saturated rings. The molecule has 1 aliphatic heterocycles. The van der Waals surface area contributed by atoms with Crippen molar-refractivity contribution in [2.75, 3.05) is 18.4 Å². The fourth-order valence-electron chi connectivity index (χ4n) is 3.75. The molecule has 0 aliphatic carbocycles. The van der Waals surface area contributed by atoms with E-state index < -0.39 is 0 Å². The molecule has 0 radical (unpaired) electrons. The lowest BCUT2D eigenvalue weighted by molar-refractivity contribution is -0.131. The number of nitriles is 1. The van der Waals surface area contributed by atoms with E-state index in [1.165, 1.54) is 0 Å². The van der Waals surface area contributed by atoms with Gasteiger partial charge in [-0.15, -0.1) is 0 Å². The SMILES string of the molecule is Cc1ccnc(-c2cnc3[nH]ccc3c2NC2CCCN(C(=O)CC#N)C2)c1. The number of amides is 1. The molecule has 1 aliphatic rings. The van der Waals surface area contributed by atoms with Crippen LogP contribution in [0.4, 0.5) is 5.69 Å². The predicted molar refractivity (Wildman–Crippen MR) is 108 cm³/mol. The lowest BCUT2D eigenvalue weighted by atomic mass is 10.0. The minimum atomic E-state index is -0.101. The van der Waals surface area contributed by atoms with Crippen molar-refractivity contribution in [3.63, 3.8) is 0 Å². The number of aromatic amines is 1. The minimum absolute atomic E-state index is 0.0670. The number of carbonyl (C=O) groups is 1. The fraction of sp³-hybridized carbons (Fsp3) is 0.333. The number of carbonyl (C=O) groups excluding carboxylic acids is 1. The molecule has 2 N–H and O–H groups in total. The van der Waals surface area contributed by atoms with Crippen LogP contribution in [0.2, 0.25) is 0 Å². The van der Waals surface area contributed by atoms with Crippen molar-refractivity contribution in [3.8, 4) is 17.3 Å². The van der Waals surface area contributed by atoms with Crippen molar-refractivity contribution < 1.29 is 4.79 Å². The highest BCUT2D eigenvalue weighted by atomic mass is 16.2. The summed E-state index contributed by atoms with van der Waals surface area (Å²) in [6.45, 7) is 3.34. The van der Waals surface area contributed by atoms with E-state index in [0.29, 0.717) is 13.1 Å². The Balaban J connectivity index is 1.68. The first-order valence-electron chi connectivity index (χ1n) is 9.46. The summed E-state index contributed by atoms with van der Waals surface area (Å²) in [6, 6.07) is 8.09. The van der Waals surface area contributed by atoms with Gasteiger partial charge in [0.1, 0.15) is 12.1 Å². The molecule has 7 heteroatoms. The monoisotopic (exact) mass is 374 g/mol. The van der Waals surface area contributed by atoms with Crippen LogP contribution in [0.15, 0.2) is 36.8 Å². The van der Waals surface area contributed by atoms with E-state index in [-0.39, 0.29) is 18.4 Å². The van der Waals surface area contributed by atoms with Gasteiger partial charge in [-0.25, -0.2) is 4.98 Å². The number of pyridine rings is 2. The third kappa shape index (κ3) is 3.54. The first-order chi connectivity index (χ1) is 13.7. The topological polar surface area (TPSA) is 97.7 Å². The average molecular weight is 374 g/mol. The molecule has 3 aromatic rings. The quantitative estimate of drug-likeness (QED) is 0.730. The van der Waals surface area contributed by atoms with Gasteiger partial charge < -0.3 is 15.2 Å². The number of aromatic nitrogens is 3.